The van der Waals surface area contributed by atoms with Crippen molar-refractivity contribution in [1.82, 2.24) is 10.6 Å². The number of aliphatic imine (C=N–C) groups is 1. The molecule has 1 unspecified atom stereocenters. The quantitative estimate of drug-likeness (QED) is 0.666. The molecule has 0 radical (unpaired) electrons. The first-order valence-electron chi connectivity index (χ1n) is 6.95. The Labute approximate surface area is 131 Å². The molecule has 0 aromatic heterocycles. The van der Waals surface area contributed by atoms with Gasteiger partial charge in [0.2, 0.25) is 0 Å². The highest BCUT2D eigenvalue weighted by atomic mass is 35.5. The molecule has 0 aliphatic heterocycles. The van der Waals surface area contributed by atoms with Crippen molar-refractivity contribution >= 4 is 17.6 Å². The van der Waals surface area contributed by atoms with Crippen molar-refractivity contribution in [1.29, 1.82) is 0 Å². The molecule has 110 valence electrons. The van der Waals surface area contributed by atoms with Crippen LogP contribution in [-0.2, 0) is 6.54 Å². The molecule has 2 aromatic rings. The lowest BCUT2D eigenvalue weighted by Crippen LogP contribution is -2.38. The van der Waals surface area contributed by atoms with Crippen molar-refractivity contribution in [2.75, 3.05) is 7.05 Å². The molecule has 4 heteroatoms. The molecule has 0 bridgehead atoms. The van der Waals surface area contributed by atoms with Crippen LogP contribution in [0.5, 0.6) is 0 Å². The molecule has 3 nitrogen and oxygen atoms in total. The molecule has 0 aliphatic carbocycles. The number of hydrogen-bond donors (Lipinski definition) is 2. The smallest absolute Gasteiger partial charge is 0.191 e. The van der Waals surface area contributed by atoms with E-state index in [4.69, 9.17) is 11.6 Å². The van der Waals surface area contributed by atoms with Gasteiger partial charge in [0.15, 0.2) is 5.96 Å². The van der Waals surface area contributed by atoms with E-state index in [1.165, 1.54) is 5.56 Å². The number of nitrogens with zero attached hydrogens (tertiary/aromatic N) is 1. The Balaban J connectivity index is 1.90. The van der Waals surface area contributed by atoms with Gasteiger partial charge in [-0.05, 0) is 30.2 Å². The van der Waals surface area contributed by atoms with E-state index in [9.17, 15) is 0 Å². The molecule has 0 heterocycles. The summed E-state index contributed by atoms with van der Waals surface area (Å²) < 4.78 is 0. The van der Waals surface area contributed by atoms with Crippen molar-refractivity contribution in [3.8, 4) is 0 Å². The SMILES string of the molecule is CN=C(NCc1ccc(Cl)cc1)NC(C)c1ccccc1. The van der Waals surface area contributed by atoms with Gasteiger partial charge in [-0.15, -0.1) is 0 Å². The van der Waals surface area contributed by atoms with Crippen molar-refractivity contribution in [2.24, 2.45) is 4.99 Å². The van der Waals surface area contributed by atoms with Crippen LogP contribution in [0.2, 0.25) is 5.02 Å². The van der Waals surface area contributed by atoms with Crippen LogP contribution in [0.3, 0.4) is 0 Å². The number of benzene rings is 2. The minimum atomic E-state index is 0.197. The molecule has 1 atom stereocenters. The normalized spacial score (nSPS) is 12.8. The molecule has 0 fully saturated rings. The van der Waals surface area contributed by atoms with Crippen LogP contribution in [0.15, 0.2) is 59.6 Å². The summed E-state index contributed by atoms with van der Waals surface area (Å²) in [5.41, 5.74) is 2.39. The third-order valence-electron chi connectivity index (χ3n) is 3.25. The molecule has 0 aliphatic rings. The zero-order chi connectivity index (χ0) is 15.1. The summed E-state index contributed by atoms with van der Waals surface area (Å²) in [5.74, 6) is 0.779. The average Bonchev–Trinajstić information content (AvgIpc) is 2.53. The lowest BCUT2D eigenvalue weighted by molar-refractivity contribution is 0.685. The second kappa shape index (κ2) is 7.70. The van der Waals surface area contributed by atoms with E-state index in [0.29, 0.717) is 6.54 Å². The second-order valence-corrected chi connectivity index (χ2v) is 5.27. The predicted molar refractivity (Wildman–Crippen MR) is 89.6 cm³/mol. The van der Waals surface area contributed by atoms with Gasteiger partial charge in [0.05, 0.1) is 6.04 Å². The predicted octanol–water partition coefficient (Wildman–Crippen LogP) is 3.77. The van der Waals surface area contributed by atoms with E-state index in [2.05, 4.69) is 34.7 Å². The third-order valence-corrected chi connectivity index (χ3v) is 3.50. The summed E-state index contributed by atoms with van der Waals surface area (Å²) in [6.45, 7) is 2.82. The summed E-state index contributed by atoms with van der Waals surface area (Å²) in [7, 11) is 1.77. The molecule has 0 saturated carbocycles. The molecule has 0 saturated heterocycles. The Kier molecular flexibility index (Phi) is 5.64. The Morgan fingerprint density at radius 3 is 2.38 bits per heavy atom. The first kappa shape index (κ1) is 15.4. The van der Waals surface area contributed by atoms with Gasteiger partial charge in [-0.1, -0.05) is 54.1 Å². The largest absolute Gasteiger partial charge is 0.352 e. The van der Waals surface area contributed by atoms with Crippen molar-refractivity contribution in [3.63, 3.8) is 0 Å². The van der Waals surface area contributed by atoms with E-state index < -0.39 is 0 Å². The Morgan fingerprint density at radius 1 is 1.10 bits per heavy atom. The monoisotopic (exact) mass is 301 g/mol. The summed E-state index contributed by atoms with van der Waals surface area (Å²) in [6.07, 6.45) is 0. The molecule has 0 amide bonds. The maximum absolute atomic E-state index is 5.88. The second-order valence-electron chi connectivity index (χ2n) is 4.83. The van der Waals surface area contributed by atoms with Crippen LogP contribution in [0.1, 0.15) is 24.1 Å². The molecular formula is C17H20ClN3. The minimum Gasteiger partial charge on any atom is -0.352 e. The zero-order valence-corrected chi connectivity index (χ0v) is 13.1. The van der Waals surface area contributed by atoms with Crippen LogP contribution >= 0.6 is 11.6 Å². The minimum absolute atomic E-state index is 0.197. The van der Waals surface area contributed by atoms with Gasteiger partial charge in [-0.2, -0.15) is 0 Å². The molecule has 2 N–H and O–H groups in total. The van der Waals surface area contributed by atoms with E-state index in [1.54, 1.807) is 7.05 Å². The van der Waals surface area contributed by atoms with E-state index in [0.717, 1.165) is 16.5 Å². The van der Waals surface area contributed by atoms with Crippen LogP contribution in [0.25, 0.3) is 0 Å². The number of rotatable bonds is 4. The molecule has 2 aromatic carbocycles. The van der Waals surface area contributed by atoms with E-state index in [1.807, 2.05) is 42.5 Å². The zero-order valence-electron chi connectivity index (χ0n) is 12.3. The Morgan fingerprint density at radius 2 is 1.76 bits per heavy atom. The number of nitrogens with one attached hydrogen (secondary N) is 2. The van der Waals surface area contributed by atoms with Crippen molar-refractivity contribution < 1.29 is 0 Å². The lowest BCUT2D eigenvalue weighted by atomic mass is 10.1. The van der Waals surface area contributed by atoms with Gasteiger partial charge in [0, 0.05) is 18.6 Å². The fraction of sp³-hybridized carbons (Fsp3) is 0.235. The van der Waals surface area contributed by atoms with Crippen LogP contribution in [0, 0.1) is 0 Å². The Bertz CT molecular complexity index is 579. The number of hydrogen-bond acceptors (Lipinski definition) is 1. The van der Waals surface area contributed by atoms with Gasteiger partial charge < -0.3 is 10.6 Å². The maximum Gasteiger partial charge on any atom is 0.191 e. The van der Waals surface area contributed by atoms with Gasteiger partial charge >= 0.3 is 0 Å². The lowest BCUT2D eigenvalue weighted by Gasteiger charge is -2.18. The van der Waals surface area contributed by atoms with Crippen molar-refractivity contribution in [3.05, 3.63) is 70.7 Å². The number of guanidine groups is 1. The van der Waals surface area contributed by atoms with Crippen molar-refractivity contribution in [2.45, 2.75) is 19.5 Å². The van der Waals surface area contributed by atoms with Gasteiger partial charge in [-0.3, -0.25) is 4.99 Å². The highest BCUT2D eigenvalue weighted by Crippen LogP contribution is 2.11. The first-order chi connectivity index (χ1) is 10.2. The standard InChI is InChI=1S/C17H20ClN3/c1-13(15-6-4-3-5-7-15)21-17(19-2)20-12-14-8-10-16(18)11-9-14/h3-11,13H,12H2,1-2H3,(H2,19,20,21). The fourth-order valence-electron chi connectivity index (χ4n) is 2.01. The maximum atomic E-state index is 5.88. The third kappa shape index (κ3) is 4.80. The summed E-state index contributed by atoms with van der Waals surface area (Å²) in [4.78, 5) is 4.25. The van der Waals surface area contributed by atoms with E-state index >= 15 is 0 Å². The Hall–Kier alpha value is -2.00. The average molecular weight is 302 g/mol. The molecule has 21 heavy (non-hydrogen) atoms. The topological polar surface area (TPSA) is 36.4 Å². The first-order valence-corrected chi connectivity index (χ1v) is 7.33. The molecule has 0 spiro atoms. The van der Waals surface area contributed by atoms with E-state index in [-0.39, 0.29) is 6.04 Å². The summed E-state index contributed by atoms with van der Waals surface area (Å²) >= 11 is 5.88. The fourth-order valence-corrected chi connectivity index (χ4v) is 2.14. The van der Waals surface area contributed by atoms with Crippen LogP contribution in [0.4, 0.5) is 0 Å². The number of halogens is 1. The van der Waals surface area contributed by atoms with Crippen LogP contribution < -0.4 is 10.6 Å². The molecular weight excluding hydrogens is 282 g/mol. The molecule has 2 rings (SSSR count). The van der Waals surface area contributed by atoms with Gasteiger partial charge in [0.1, 0.15) is 0 Å². The van der Waals surface area contributed by atoms with Crippen LogP contribution in [-0.4, -0.2) is 13.0 Å². The highest BCUT2D eigenvalue weighted by molar-refractivity contribution is 6.30. The van der Waals surface area contributed by atoms with Gasteiger partial charge in [0.25, 0.3) is 0 Å². The highest BCUT2D eigenvalue weighted by Gasteiger charge is 2.06. The summed E-state index contributed by atoms with van der Waals surface area (Å²) in [6, 6.07) is 18.3. The van der Waals surface area contributed by atoms with Gasteiger partial charge in [-0.25, -0.2) is 0 Å². The summed E-state index contributed by atoms with van der Waals surface area (Å²) in [5, 5.41) is 7.43.